The van der Waals surface area contributed by atoms with Gasteiger partial charge in [-0.25, -0.2) is 0 Å². The van der Waals surface area contributed by atoms with Gasteiger partial charge in [0.25, 0.3) is 0 Å². The van der Waals surface area contributed by atoms with Crippen molar-refractivity contribution in [3.8, 4) is 39.9 Å². The van der Waals surface area contributed by atoms with E-state index in [4.69, 9.17) is 18.9 Å². The zero-order chi connectivity index (χ0) is 36.4. The molecule has 3 unspecified atom stereocenters. The Balaban J connectivity index is 1.37. The summed E-state index contributed by atoms with van der Waals surface area (Å²) in [7, 11) is 3.31. The van der Waals surface area contributed by atoms with Crippen molar-refractivity contribution < 1.29 is 44.5 Å². The molecule has 2 heterocycles. The van der Waals surface area contributed by atoms with E-state index in [9.17, 15) is 25.5 Å². The fourth-order valence-electron chi connectivity index (χ4n) is 7.81. The number of aromatic hydroxyl groups is 2. The summed E-state index contributed by atoms with van der Waals surface area (Å²) in [5, 5.41) is 56.5. The van der Waals surface area contributed by atoms with Crippen LogP contribution >= 0.6 is 0 Å². The van der Waals surface area contributed by atoms with Crippen molar-refractivity contribution in [1.82, 2.24) is 5.32 Å². The van der Waals surface area contributed by atoms with E-state index in [0.717, 1.165) is 50.4 Å². The number of nitrogens with zero attached hydrogens (tertiary/aromatic N) is 1. The SMILES string of the molecule is CNCOC1Cc2c(cc(OC(CO)CO)c3c2CC(Cc2ccc4c(c2)=CCN=4)c2cc(O)ccc2-3)OC1c1cc(CCCO)c(O)c(OC)c1. The lowest BCUT2D eigenvalue weighted by molar-refractivity contribution is -0.0430. The minimum Gasteiger partial charge on any atom is -0.508 e. The summed E-state index contributed by atoms with van der Waals surface area (Å²) in [6.07, 6.45) is 2.98. The van der Waals surface area contributed by atoms with E-state index in [1.807, 2.05) is 31.3 Å². The Bertz CT molecular complexity index is 2060. The number of rotatable bonds is 14. The number of fused-ring (bicyclic) bond motifs is 6. The number of ether oxygens (including phenoxy) is 4. The molecule has 6 N–H and O–H groups in total. The van der Waals surface area contributed by atoms with E-state index in [1.165, 1.54) is 12.7 Å². The van der Waals surface area contributed by atoms with E-state index in [1.54, 1.807) is 12.1 Å². The molecule has 274 valence electrons. The van der Waals surface area contributed by atoms with Crippen LogP contribution in [0.3, 0.4) is 0 Å². The molecule has 0 fully saturated rings. The van der Waals surface area contributed by atoms with Crippen molar-refractivity contribution in [2.24, 2.45) is 4.99 Å². The van der Waals surface area contributed by atoms with Crippen LogP contribution in [0.5, 0.6) is 28.7 Å². The summed E-state index contributed by atoms with van der Waals surface area (Å²) in [6.45, 7) is 0.165. The first-order chi connectivity index (χ1) is 25.3. The number of hydrogen-bond donors (Lipinski definition) is 6. The summed E-state index contributed by atoms with van der Waals surface area (Å²) in [4.78, 5) is 4.55. The molecule has 0 saturated heterocycles. The summed E-state index contributed by atoms with van der Waals surface area (Å²) in [6, 6.07) is 17.3. The molecule has 0 amide bonds. The zero-order valence-electron chi connectivity index (χ0n) is 29.5. The number of phenolic OH excluding ortho intramolecular Hbond substituents is 2. The van der Waals surface area contributed by atoms with E-state index in [-0.39, 0.29) is 44.0 Å². The van der Waals surface area contributed by atoms with Crippen LogP contribution in [0.25, 0.3) is 17.2 Å². The lowest BCUT2D eigenvalue weighted by Crippen LogP contribution is -2.36. The first kappa shape index (κ1) is 35.7. The molecule has 1 aliphatic carbocycles. The van der Waals surface area contributed by atoms with Gasteiger partial charge in [0.1, 0.15) is 29.5 Å². The molecule has 4 aromatic carbocycles. The number of hydrogen-bond acceptors (Lipinski definition) is 11. The normalized spacial score (nSPS) is 18.4. The van der Waals surface area contributed by atoms with Gasteiger partial charge in [-0.2, -0.15) is 0 Å². The monoisotopic (exact) mass is 710 g/mol. The smallest absolute Gasteiger partial charge is 0.161 e. The minimum absolute atomic E-state index is 0.00154. The second-order valence-corrected chi connectivity index (χ2v) is 13.6. The van der Waals surface area contributed by atoms with Gasteiger partial charge in [-0.1, -0.05) is 18.2 Å². The van der Waals surface area contributed by atoms with Crippen molar-refractivity contribution in [3.63, 3.8) is 0 Å². The predicted molar refractivity (Wildman–Crippen MR) is 195 cm³/mol. The quantitative estimate of drug-likeness (QED) is 0.107. The molecule has 11 nitrogen and oxygen atoms in total. The van der Waals surface area contributed by atoms with Crippen LogP contribution in [0, 0.1) is 0 Å². The molecule has 4 aromatic rings. The van der Waals surface area contributed by atoms with E-state index < -0.39 is 18.3 Å². The van der Waals surface area contributed by atoms with Crippen molar-refractivity contribution in [2.45, 2.75) is 56.3 Å². The van der Waals surface area contributed by atoms with Crippen LogP contribution in [0.4, 0.5) is 0 Å². The summed E-state index contributed by atoms with van der Waals surface area (Å²) in [5.74, 6) is 1.56. The first-order valence-corrected chi connectivity index (χ1v) is 17.8. The highest BCUT2D eigenvalue weighted by molar-refractivity contribution is 5.83. The molecule has 3 atom stereocenters. The summed E-state index contributed by atoms with van der Waals surface area (Å²) in [5.41, 5.74) is 7.28. The largest absolute Gasteiger partial charge is 0.508 e. The predicted octanol–water partition coefficient (Wildman–Crippen LogP) is 2.96. The van der Waals surface area contributed by atoms with Gasteiger partial charge in [0.15, 0.2) is 17.6 Å². The highest BCUT2D eigenvalue weighted by Crippen LogP contribution is 2.53. The van der Waals surface area contributed by atoms with Crippen molar-refractivity contribution in [3.05, 3.63) is 98.6 Å². The molecular formula is C41H46N2O9. The molecule has 0 bridgehead atoms. The Labute approximate surface area is 302 Å². The number of aliphatic hydroxyl groups excluding tert-OH is 3. The number of benzene rings is 4. The van der Waals surface area contributed by atoms with Gasteiger partial charge in [-0.05, 0) is 114 Å². The van der Waals surface area contributed by atoms with Crippen LogP contribution in [0.1, 0.15) is 51.8 Å². The summed E-state index contributed by atoms with van der Waals surface area (Å²) < 4.78 is 25.2. The van der Waals surface area contributed by atoms with Gasteiger partial charge in [-0.15, -0.1) is 0 Å². The molecule has 0 spiro atoms. The van der Waals surface area contributed by atoms with Crippen LogP contribution in [0.2, 0.25) is 0 Å². The van der Waals surface area contributed by atoms with Crippen molar-refractivity contribution in [2.75, 3.05) is 47.3 Å². The average Bonchev–Trinajstić information content (AvgIpc) is 3.63. The van der Waals surface area contributed by atoms with E-state index >= 15 is 0 Å². The van der Waals surface area contributed by atoms with Crippen LogP contribution in [-0.2, 0) is 30.4 Å². The fraction of sp³-hybridized carbons (Fsp3) is 0.390. The second-order valence-electron chi connectivity index (χ2n) is 13.6. The van der Waals surface area contributed by atoms with Crippen molar-refractivity contribution >= 4 is 6.08 Å². The third-order valence-corrected chi connectivity index (χ3v) is 10.3. The lowest BCUT2D eigenvalue weighted by Gasteiger charge is -2.38. The molecule has 0 aromatic heterocycles. The maximum absolute atomic E-state index is 10.9. The van der Waals surface area contributed by atoms with E-state index in [2.05, 4.69) is 34.6 Å². The highest BCUT2D eigenvalue weighted by atomic mass is 16.6. The topological polar surface area (TPSA) is 162 Å². The molecule has 7 rings (SSSR count). The molecule has 11 heteroatoms. The first-order valence-electron chi connectivity index (χ1n) is 17.8. The average molecular weight is 711 g/mol. The zero-order valence-corrected chi connectivity index (χ0v) is 29.5. The number of aliphatic hydroxyl groups is 3. The van der Waals surface area contributed by atoms with Gasteiger partial charge < -0.3 is 44.5 Å². The Morgan fingerprint density at radius 1 is 0.962 bits per heavy atom. The number of aryl methyl sites for hydroxylation is 1. The van der Waals surface area contributed by atoms with Gasteiger partial charge in [0.05, 0.1) is 39.0 Å². The third kappa shape index (κ3) is 6.94. The van der Waals surface area contributed by atoms with Crippen LogP contribution in [0.15, 0.2) is 59.6 Å². The van der Waals surface area contributed by atoms with E-state index in [0.29, 0.717) is 55.0 Å². The van der Waals surface area contributed by atoms with Crippen LogP contribution in [-0.4, -0.2) is 85.0 Å². The maximum Gasteiger partial charge on any atom is 0.161 e. The number of phenols is 2. The minimum atomic E-state index is -0.866. The molecule has 52 heavy (non-hydrogen) atoms. The third-order valence-electron chi connectivity index (χ3n) is 10.3. The fourth-order valence-corrected chi connectivity index (χ4v) is 7.81. The maximum atomic E-state index is 10.9. The van der Waals surface area contributed by atoms with Crippen LogP contribution < -0.4 is 30.1 Å². The highest BCUT2D eigenvalue weighted by Gasteiger charge is 2.39. The standard InChI is InChI=1S/C41H46N2O9/c1-42-22-50-38-18-32-33-15-26(13-23-5-8-34-24(12-23)9-10-43-34)31-17-28(47)6-7-30(31)39(33)36(51-29(20-45)21-46)19-35(32)52-41(38)27-14-25(4-3-11-44)40(48)37(16-27)49-2/h5-9,12,14,16-17,19,26,29,38,41-42,44-48H,3-4,10-11,13,15,18,20-22H2,1-2H3. The Morgan fingerprint density at radius 2 is 1.81 bits per heavy atom. The Hall–Kier alpha value is -4.65. The number of methoxy groups -OCH3 is 1. The Kier molecular flexibility index (Phi) is 10.7. The molecular weight excluding hydrogens is 664 g/mol. The molecule has 0 saturated carbocycles. The Morgan fingerprint density at radius 3 is 2.58 bits per heavy atom. The molecule has 0 radical (unpaired) electrons. The summed E-state index contributed by atoms with van der Waals surface area (Å²) >= 11 is 0. The van der Waals surface area contributed by atoms with Gasteiger partial charge >= 0.3 is 0 Å². The molecule has 2 aliphatic heterocycles. The second kappa shape index (κ2) is 15.5. The number of nitrogens with one attached hydrogen (secondary N) is 1. The van der Waals surface area contributed by atoms with Gasteiger partial charge in [0, 0.05) is 30.2 Å². The van der Waals surface area contributed by atoms with Gasteiger partial charge in [-0.3, -0.25) is 10.3 Å². The van der Waals surface area contributed by atoms with Crippen molar-refractivity contribution in [1.29, 1.82) is 0 Å². The van der Waals surface area contributed by atoms with Gasteiger partial charge in [0.2, 0.25) is 0 Å². The molecule has 3 aliphatic rings. The lowest BCUT2D eigenvalue weighted by atomic mass is 9.73.